The minimum absolute atomic E-state index is 0. The van der Waals surface area contributed by atoms with Crippen molar-refractivity contribution in [2.24, 2.45) is 4.99 Å². The topological polar surface area (TPSA) is 65.7 Å². The van der Waals surface area contributed by atoms with Crippen molar-refractivity contribution in [2.45, 2.75) is 53.1 Å². The van der Waals surface area contributed by atoms with Crippen LogP contribution < -0.4 is 10.6 Å². The molecule has 0 saturated carbocycles. The molecule has 2 aromatic rings. The smallest absolute Gasteiger partial charge is 0.191 e. The van der Waals surface area contributed by atoms with E-state index in [9.17, 15) is 0 Å². The number of guanidine groups is 1. The van der Waals surface area contributed by atoms with Gasteiger partial charge in [-0.2, -0.15) is 11.3 Å². The molecular formula is C20H34IN5OS. The van der Waals surface area contributed by atoms with E-state index in [0.717, 1.165) is 55.5 Å². The first-order chi connectivity index (χ1) is 13.2. The zero-order chi connectivity index (χ0) is 19.6. The molecule has 2 heterocycles. The van der Waals surface area contributed by atoms with Crippen molar-refractivity contribution < 1.29 is 4.52 Å². The zero-order valence-electron chi connectivity index (χ0n) is 17.6. The van der Waals surface area contributed by atoms with E-state index in [0.29, 0.717) is 12.6 Å². The van der Waals surface area contributed by atoms with Gasteiger partial charge in [-0.1, -0.05) is 32.9 Å². The molecule has 0 aromatic carbocycles. The lowest BCUT2D eigenvalue weighted by atomic mass is 10.1. The Morgan fingerprint density at radius 3 is 2.50 bits per heavy atom. The number of hydrogen-bond donors (Lipinski definition) is 2. The van der Waals surface area contributed by atoms with Crippen molar-refractivity contribution in [3.63, 3.8) is 0 Å². The Kier molecular flexibility index (Phi) is 11.7. The first-order valence-corrected chi connectivity index (χ1v) is 10.8. The average Bonchev–Trinajstić information content (AvgIpc) is 3.36. The lowest BCUT2D eigenvalue weighted by Crippen LogP contribution is -2.43. The fourth-order valence-electron chi connectivity index (χ4n) is 3.31. The van der Waals surface area contributed by atoms with Crippen molar-refractivity contribution in [1.82, 2.24) is 20.7 Å². The highest BCUT2D eigenvalue weighted by Crippen LogP contribution is 2.22. The van der Waals surface area contributed by atoms with Crippen molar-refractivity contribution in [2.75, 3.05) is 26.7 Å². The minimum atomic E-state index is 0. The number of rotatable bonds is 10. The van der Waals surface area contributed by atoms with Gasteiger partial charge >= 0.3 is 0 Å². The molecule has 0 fully saturated rings. The molecule has 0 aliphatic heterocycles. The first-order valence-electron chi connectivity index (χ1n) is 9.85. The molecule has 6 nitrogen and oxygen atoms in total. The summed E-state index contributed by atoms with van der Waals surface area (Å²) in [7, 11) is 1.81. The molecule has 8 heteroatoms. The lowest BCUT2D eigenvalue weighted by molar-refractivity contribution is 0.219. The van der Waals surface area contributed by atoms with E-state index in [1.54, 1.807) is 18.4 Å². The summed E-state index contributed by atoms with van der Waals surface area (Å²) in [6.07, 6.45) is 1.72. The number of hydrogen-bond acceptors (Lipinski definition) is 5. The SMILES string of the molecule is CCc1noc(CC)c1CNC(=NC)NCC(c1ccsc1)N(CC)CC.I. The summed E-state index contributed by atoms with van der Waals surface area (Å²) in [5.74, 6) is 1.75. The third-order valence-electron chi connectivity index (χ3n) is 4.91. The molecule has 0 aliphatic carbocycles. The highest BCUT2D eigenvalue weighted by atomic mass is 127. The minimum Gasteiger partial charge on any atom is -0.361 e. The number of thiophene rings is 1. The number of aromatic nitrogens is 1. The Hall–Kier alpha value is -1.13. The molecule has 0 aliphatic rings. The van der Waals surface area contributed by atoms with Gasteiger partial charge in [-0.3, -0.25) is 9.89 Å². The predicted octanol–water partition coefficient (Wildman–Crippen LogP) is 4.23. The van der Waals surface area contributed by atoms with Crippen LogP contribution in [-0.4, -0.2) is 42.7 Å². The molecule has 1 atom stereocenters. The van der Waals surface area contributed by atoms with Crippen molar-refractivity contribution in [1.29, 1.82) is 0 Å². The summed E-state index contributed by atoms with van der Waals surface area (Å²) in [4.78, 5) is 6.86. The maximum atomic E-state index is 5.45. The zero-order valence-corrected chi connectivity index (χ0v) is 20.8. The summed E-state index contributed by atoms with van der Waals surface area (Å²) < 4.78 is 5.45. The van der Waals surface area contributed by atoms with Gasteiger partial charge in [0.15, 0.2) is 5.96 Å². The maximum absolute atomic E-state index is 5.45. The van der Waals surface area contributed by atoms with Crippen LogP contribution in [0, 0.1) is 0 Å². The van der Waals surface area contributed by atoms with Crippen LogP contribution in [0.3, 0.4) is 0 Å². The Labute approximate surface area is 190 Å². The molecule has 0 amide bonds. The first kappa shape index (κ1) is 24.9. The molecule has 1 unspecified atom stereocenters. The monoisotopic (exact) mass is 519 g/mol. The van der Waals surface area contributed by atoms with E-state index >= 15 is 0 Å². The molecule has 2 N–H and O–H groups in total. The fourth-order valence-corrected chi connectivity index (χ4v) is 4.02. The highest BCUT2D eigenvalue weighted by Gasteiger charge is 2.19. The summed E-state index contributed by atoms with van der Waals surface area (Å²) in [6.45, 7) is 12.1. The van der Waals surface area contributed by atoms with Gasteiger partial charge in [-0.05, 0) is 41.9 Å². The van der Waals surface area contributed by atoms with E-state index < -0.39 is 0 Å². The Morgan fingerprint density at radius 2 is 1.96 bits per heavy atom. The number of nitrogens with zero attached hydrogens (tertiary/aromatic N) is 3. The van der Waals surface area contributed by atoms with Crippen LogP contribution in [0.1, 0.15) is 56.3 Å². The van der Waals surface area contributed by atoms with Gasteiger partial charge in [-0.15, -0.1) is 24.0 Å². The Balaban J connectivity index is 0.00000392. The molecule has 28 heavy (non-hydrogen) atoms. The van der Waals surface area contributed by atoms with Gasteiger partial charge in [0.05, 0.1) is 11.7 Å². The predicted molar refractivity (Wildman–Crippen MR) is 129 cm³/mol. The van der Waals surface area contributed by atoms with Crippen LogP contribution in [0.5, 0.6) is 0 Å². The van der Waals surface area contributed by atoms with E-state index in [1.165, 1.54) is 5.56 Å². The molecule has 0 spiro atoms. The second-order valence-corrected chi connectivity index (χ2v) is 7.12. The Morgan fingerprint density at radius 1 is 1.21 bits per heavy atom. The van der Waals surface area contributed by atoms with Gasteiger partial charge in [0.1, 0.15) is 5.76 Å². The third-order valence-corrected chi connectivity index (χ3v) is 5.61. The van der Waals surface area contributed by atoms with Crippen LogP contribution in [0.4, 0.5) is 0 Å². The van der Waals surface area contributed by atoms with E-state index in [1.807, 2.05) is 0 Å². The van der Waals surface area contributed by atoms with E-state index in [2.05, 4.69) is 70.2 Å². The van der Waals surface area contributed by atoms with Crippen LogP contribution in [0.15, 0.2) is 26.3 Å². The summed E-state index contributed by atoms with van der Waals surface area (Å²) in [5, 5.41) is 15.5. The van der Waals surface area contributed by atoms with Gasteiger partial charge in [0.25, 0.3) is 0 Å². The van der Waals surface area contributed by atoms with Crippen molar-refractivity contribution in [3.8, 4) is 0 Å². The average molecular weight is 519 g/mol. The summed E-state index contributed by atoms with van der Waals surface area (Å²) in [6, 6.07) is 2.54. The summed E-state index contributed by atoms with van der Waals surface area (Å²) in [5.41, 5.74) is 3.53. The van der Waals surface area contributed by atoms with Gasteiger partial charge in [0.2, 0.25) is 0 Å². The lowest BCUT2D eigenvalue weighted by Gasteiger charge is -2.30. The number of aliphatic imine (C=N–C) groups is 1. The fraction of sp³-hybridized carbons (Fsp3) is 0.600. The second kappa shape index (κ2) is 13.2. The maximum Gasteiger partial charge on any atom is 0.191 e. The quantitative estimate of drug-likeness (QED) is 0.280. The molecule has 0 bridgehead atoms. The van der Waals surface area contributed by atoms with Gasteiger partial charge in [-0.25, -0.2) is 0 Å². The summed E-state index contributed by atoms with van der Waals surface area (Å²) >= 11 is 1.75. The van der Waals surface area contributed by atoms with Crippen LogP contribution in [-0.2, 0) is 19.4 Å². The normalized spacial score (nSPS) is 12.7. The van der Waals surface area contributed by atoms with Crippen LogP contribution in [0.2, 0.25) is 0 Å². The molecule has 2 rings (SSSR count). The molecule has 0 saturated heterocycles. The highest BCUT2D eigenvalue weighted by molar-refractivity contribution is 14.0. The van der Waals surface area contributed by atoms with E-state index in [4.69, 9.17) is 4.52 Å². The number of likely N-dealkylation sites (N-methyl/N-ethyl adjacent to an activating group) is 1. The standard InChI is InChI=1S/C20H33N5OS.HI/c1-6-17-16(19(7-2)26-24-17)12-22-20(21-5)23-13-18(25(8-3)9-4)15-10-11-27-14-15;/h10-11,14,18H,6-9,12-13H2,1-5H3,(H2,21,22,23);1H. The van der Waals surface area contributed by atoms with Crippen LogP contribution >= 0.6 is 35.3 Å². The van der Waals surface area contributed by atoms with Gasteiger partial charge in [0, 0.05) is 32.1 Å². The molecular weight excluding hydrogens is 485 g/mol. The third kappa shape index (κ3) is 6.45. The Bertz CT molecular complexity index is 676. The van der Waals surface area contributed by atoms with Crippen molar-refractivity contribution >= 4 is 41.3 Å². The number of nitrogens with one attached hydrogen (secondary N) is 2. The molecule has 2 aromatic heterocycles. The molecule has 0 radical (unpaired) electrons. The van der Waals surface area contributed by atoms with E-state index in [-0.39, 0.29) is 24.0 Å². The largest absolute Gasteiger partial charge is 0.361 e. The number of halogens is 1. The number of aryl methyl sites for hydroxylation is 2. The molecule has 158 valence electrons. The van der Waals surface area contributed by atoms with Crippen molar-refractivity contribution in [3.05, 3.63) is 39.4 Å². The van der Waals surface area contributed by atoms with Gasteiger partial charge < -0.3 is 15.2 Å². The van der Waals surface area contributed by atoms with Crippen LogP contribution in [0.25, 0.3) is 0 Å². The second-order valence-electron chi connectivity index (χ2n) is 6.34.